The van der Waals surface area contributed by atoms with Gasteiger partial charge in [0.1, 0.15) is 24.1 Å². The van der Waals surface area contributed by atoms with Gasteiger partial charge in [0.25, 0.3) is 0 Å². The zero-order valence-corrected chi connectivity index (χ0v) is 21.3. The summed E-state index contributed by atoms with van der Waals surface area (Å²) in [7, 11) is 0. The summed E-state index contributed by atoms with van der Waals surface area (Å²) in [5.74, 6) is 0.405. The Morgan fingerprint density at radius 2 is 1.74 bits per heavy atom. The molecule has 3 rings (SSSR count). The molecule has 1 atom stereocenters. The van der Waals surface area contributed by atoms with Gasteiger partial charge in [0, 0.05) is 13.0 Å². The third-order valence-corrected chi connectivity index (χ3v) is 5.57. The van der Waals surface area contributed by atoms with Crippen molar-refractivity contribution in [2.75, 3.05) is 0 Å². The fraction of sp³-hybridized carbons (Fsp3) is 0.464. The number of unbranched alkanes of at least 4 members (excludes halogenated alkanes) is 2. The first-order valence-electron chi connectivity index (χ1n) is 12.4. The van der Waals surface area contributed by atoms with Crippen LogP contribution in [0.2, 0.25) is 0 Å². The third kappa shape index (κ3) is 8.12. The summed E-state index contributed by atoms with van der Waals surface area (Å²) in [6.45, 7) is 8.55. The van der Waals surface area contributed by atoms with Crippen molar-refractivity contribution in [1.29, 1.82) is 0 Å². The number of carbonyl (C=O) groups is 2. The fourth-order valence-corrected chi connectivity index (χ4v) is 3.89. The molecule has 188 valence electrons. The van der Waals surface area contributed by atoms with Gasteiger partial charge in [-0.05, 0) is 51.3 Å². The van der Waals surface area contributed by atoms with Crippen LogP contribution in [-0.4, -0.2) is 33.3 Å². The summed E-state index contributed by atoms with van der Waals surface area (Å²) >= 11 is 0. The number of nitrogens with zero attached hydrogens (tertiary/aromatic N) is 2. The zero-order chi connectivity index (χ0) is 25.3. The number of rotatable bonds is 11. The number of benzene rings is 2. The summed E-state index contributed by atoms with van der Waals surface area (Å²) in [6, 6.07) is 16.7. The molecule has 0 saturated carbocycles. The topological polar surface area (TPSA) is 82.5 Å². The van der Waals surface area contributed by atoms with E-state index in [1.807, 2.05) is 48.5 Å². The van der Waals surface area contributed by atoms with Crippen LogP contribution in [0.1, 0.15) is 64.8 Å². The lowest BCUT2D eigenvalue weighted by Gasteiger charge is -2.23. The molecule has 0 radical (unpaired) electrons. The van der Waals surface area contributed by atoms with Gasteiger partial charge in [-0.3, -0.25) is 0 Å². The van der Waals surface area contributed by atoms with Crippen LogP contribution >= 0.6 is 0 Å². The van der Waals surface area contributed by atoms with Crippen molar-refractivity contribution in [3.05, 3.63) is 66.0 Å². The highest BCUT2D eigenvalue weighted by molar-refractivity contribution is 5.81. The fourth-order valence-electron chi connectivity index (χ4n) is 3.89. The summed E-state index contributed by atoms with van der Waals surface area (Å²) < 4.78 is 13.2. The van der Waals surface area contributed by atoms with Crippen LogP contribution in [-0.2, 0) is 33.8 Å². The quantitative estimate of drug-likeness (QED) is 0.278. The molecule has 1 amide bonds. The molecule has 0 spiro atoms. The van der Waals surface area contributed by atoms with Crippen molar-refractivity contribution in [1.82, 2.24) is 14.9 Å². The smallest absolute Gasteiger partial charge is 0.408 e. The van der Waals surface area contributed by atoms with Gasteiger partial charge in [-0.25, -0.2) is 14.6 Å². The van der Waals surface area contributed by atoms with Crippen LogP contribution in [0.15, 0.2) is 54.6 Å². The lowest BCUT2D eigenvalue weighted by Crippen LogP contribution is -2.44. The molecule has 0 aliphatic carbocycles. The van der Waals surface area contributed by atoms with E-state index in [-0.39, 0.29) is 6.61 Å². The molecule has 3 aromatic rings. The molecule has 7 heteroatoms. The molecule has 7 nitrogen and oxygen atoms in total. The van der Waals surface area contributed by atoms with Gasteiger partial charge >= 0.3 is 12.1 Å². The molecule has 1 unspecified atom stereocenters. The van der Waals surface area contributed by atoms with E-state index in [1.165, 1.54) is 0 Å². The largest absolute Gasteiger partial charge is 0.459 e. The van der Waals surface area contributed by atoms with Crippen molar-refractivity contribution < 1.29 is 19.1 Å². The number of esters is 1. The molecule has 0 fully saturated rings. The predicted octanol–water partition coefficient (Wildman–Crippen LogP) is 5.80. The minimum absolute atomic E-state index is 0.141. The Balaban J connectivity index is 1.75. The molecule has 0 bridgehead atoms. The van der Waals surface area contributed by atoms with Crippen molar-refractivity contribution >= 4 is 23.1 Å². The Morgan fingerprint density at radius 1 is 1.03 bits per heavy atom. The zero-order valence-electron chi connectivity index (χ0n) is 21.3. The average molecular weight is 480 g/mol. The van der Waals surface area contributed by atoms with Gasteiger partial charge in [0.2, 0.25) is 0 Å². The number of imidazole rings is 1. The molecule has 1 heterocycles. The first-order chi connectivity index (χ1) is 16.8. The number of aromatic nitrogens is 2. The summed E-state index contributed by atoms with van der Waals surface area (Å²) in [4.78, 5) is 30.3. The number of para-hydroxylation sites is 2. The maximum Gasteiger partial charge on any atom is 0.408 e. The van der Waals surface area contributed by atoms with Crippen LogP contribution in [0, 0.1) is 0 Å². The maximum atomic E-state index is 13.0. The molecular weight excluding hydrogens is 442 g/mol. The number of amides is 1. The minimum atomic E-state index is -0.850. The molecule has 35 heavy (non-hydrogen) atoms. The Bertz CT molecular complexity index is 1100. The van der Waals surface area contributed by atoms with Crippen LogP contribution in [0.4, 0.5) is 4.79 Å². The first kappa shape index (κ1) is 26.3. The number of alkyl carbamates (subject to hydrolysis) is 1. The highest BCUT2D eigenvalue weighted by atomic mass is 16.6. The van der Waals surface area contributed by atoms with Gasteiger partial charge in [0.05, 0.1) is 11.0 Å². The van der Waals surface area contributed by atoms with E-state index in [2.05, 4.69) is 22.9 Å². The van der Waals surface area contributed by atoms with E-state index in [0.29, 0.717) is 12.8 Å². The number of aryl methyl sites for hydroxylation is 2. The lowest BCUT2D eigenvalue weighted by molar-refractivity contribution is -0.147. The number of hydrogen-bond donors (Lipinski definition) is 1. The monoisotopic (exact) mass is 479 g/mol. The van der Waals surface area contributed by atoms with Crippen molar-refractivity contribution in [2.45, 2.75) is 84.6 Å². The Hall–Kier alpha value is -3.35. The second-order valence-electron chi connectivity index (χ2n) is 9.71. The average Bonchev–Trinajstić information content (AvgIpc) is 3.17. The number of fused-ring (bicyclic) bond motifs is 1. The lowest BCUT2D eigenvalue weighted by atomic mass is 10.1. The molecular formula is C28H37N3O4. The normalized spacial score (nSPS) is 12.3. The van der Waals surface area contributed by atoms with E-state index >= 15 is 0 Å². The van der Waals surface area contributed by atoms with E-state index < -0.39 is 23.7 Å². The summed E-state index contributed by atoms with van der Waals surface area (Å²) in [5, 5.41) is 2.71. The molecule has 0 aliphatic heterocycles. The molecule has 0 saturated heterocycles. The number of carbonyl (C=O) groups excluding carboxylic acids is 2. The second-order valence-corrected chi connectivity index (χ2v) is 9.71. The van der Waals surface area contributed by atoms with Crippen molar-refractivity contribution in [2.24, 2.45) is 0 Å². The number of nitrogens with one attached hydrogen (secondary N) is 1. The Morgan fingerprint density at radius 3 is 2.46 bits per heavy atom. The van der Waals surface area contributed by atoms with Crippen LogP contribution in [0.3, 0.4) is 0 Å². The summed E-state index contributed by atoms with van der Waals surface area (Å²) in [6.07, 6.45) is 3.56. The Labute approximate surface area is 207 Å². The number of ether oxygens (including phenoxy) is 2. The van der Waals surface area contributed by atoms with Gasteiger partial charge in [-0.1, -0.05) is 62.2 Å². The Kier molecular flexibility index (Phi) is 9.29. The standard InChI is InChI=1S/C28H37N3O4/c1-5-6-12-19-31-24-16-11-10-15-22(24)29-25(31)18-17-23(30-27(33)35-28(2,3)4)26(32)34-20-21-13-8-7-9-14-21/h7-11,13-16,23H,5-6,12,17-20H2,1-4H3,(H,30,33). The third-order valence-electron chi connectivity index (χ3n) is 5.57. The van der Waals surface area contributed by atoms with Gasteiger partial charge in [-0.2, -0.15) is 0 Å². The van der Waals surface area contributed by atoms with E-state index in [0.717, 1.165) is 48.2 Å². The van der Waals surface area contributed by atoms with E-state index in [1.54, 1.807) is 20.8 Å². The second kappa shape index (κ2) is 12.4. The molecule has 1 aromatic heterocycles. The summed E-state index contributed by atoms with van der Waals surface area (Å²) in [5.41, 5.74) is 2.23. The van der Waals surface area contributed by atoms with E-state index in [4.69, 9.17) is 14.5 Å². The molecule has 2 aromatic carbocycles. The highest BCUT2D eigenvalue weighted by Gasteiger charge is 2.26. The van der Waals surface area contributed by atoms with Crippen LogP contribution < -0.4 is 5.32 Å². The SMILES string of the molecule is CCCCCn1c(CCC(NC(=O)OC(C)(C)C)C(=O)OCc2ccccc2)nc2ccccc21. The van der Waals surface area contributed by atoms with Crippen LogP contribution in [0.25, 0.3) is 11.0 Å². The molecule has 1 N–H and O–H groups in total. The van der Waals surface area contributed by atoms with Crippen LogP contribution in [0.5, 0.6) is 0 Å². The maximum absolute atomic E-state index is 13.0. The highest BCUT2D eigenvalue weighted by Crippen LogP contribution is 2.19. The first-order valence-corrected chi connectivity index (χ1v) is 12.4. The van der Waals surface area contributed by atoms with Gasteiger partial charge in [0.15, 0.2) is 0 Å². The van der Waals surface area contributed by atoms with Crippen molar-refractivity contribution in [3.63, 3.8) is 0 Å². The minimum Gasteiger partial charge on any atom is -0.459 e. The van der Waals surface area contributed by atoms with Gasteiger partial charge < -0.3 is 19.4 Å². The van der Waals surface area contributed by atoms with E-state index in [9.17, 15) is 9.59 Å². The molecule has 0 aliphatic rings. The predicted molar refractivity (Wildman–Crippen MR) is 137 cm³/mol. The number of hydrogen-bond acceptors (Lipinski definition) is 5. The van der Waals surface area contributed by atoms with Gasteiger partial charge in [-0.15, -0.1) is 0 Å². The van der Waals surface area contributed by atoms with Crippen molar-refractivity contribution in [3.8, 4) is 0 Å².